The number of hydrogen-bond acceptors (Lipinski definition) is 10. The Morgan fingerprint density at radius 1 is 0.323 bits per heavy atom. The second-order valence-electron chi connectivity index (χ2n) is 31.0. The summed E-state index contributed by atoms with van der Waals surface area (Å²) in [7, 11) is 0. The van der Waals surface area contributed by atoms with Gasteiger partial charge in [-0.05, 0) is 12.8 Å². The molecule has 1 amide bonds. The number of amides is 1. The van der Waals surface area contributed by atoms with Crippen molar-refractivity contribution < 1.29 is 50.0 Å². The second-order valence-corrected chi connectivity index (χ2v) is 31.0. The van der Waals surface area contributed by atoms with E-state index in [9.17, 15) is 40.5 Å². The maximum absolute atomic E-state index is 13.3. The average molecular weight is 1370 g/mol. The van der Waals surface area contributed by atoms with Crippen molar-refractivity contribution in [3.63, 3.8) is 0 Å². The van der Waals surface area contributed by atoms with Gasteiger partial charge in [-0.3, -0.25) is 4.79 Å². The summed E-state index contributed by atoms with van der Waals surface area (Å²) in [5.41, 5.74) is 0. The van der Waals surface area contributed by atoms with Gasteiger partial charge in [0, 0.05) is 0 Å². The van der Waals surface area contributed by atoms with E-state index in [-0.39, 0.29) is 6.42 Å². The predicted molar refractivity (Wildman–Crippen MR) is 409 cm³/mol. The molecule has 96 heavy (non-hydrogen) atoms. The largest absolute Gasteiger partial charge is 0.394 e. The number of ether oxygens (including phenoxy) is 2. The van der Waals surface area contributed by atoms with Crippen LogP contribution in [0.15, 0.2) is 0 Å². The third-order valence-corrected chi connectivity index (χ3v) is 21.7. The van der Waals surface area contributed by atoms with Crippen molar-refractivity contribution >= 4 is 5.91 Å². The number of unbranched alkanes of at least 4 members (excludes halogenated alkanes) is 67. The molecule has 1 aliphatic heterocycles. The van der Waals surface area contributed by atoms with Crippen molar-refractivity contribution in [2.75, 3.05) is 13.2 Å². The van der Waals surface area contributed by atoms with Crippen molar-refractivity contribution in [2.24, 2.45) is 0 Å². The Kier molecular flexibility index (Phi) is 71.6. The van der Waals surface area contributed by atoms with Gasteiger partial charge in [0.2, 0.25) is 5.91 Å². The fourth-order valence-corrected chi connectivity index (χ4v) is 14.8. The quantitative estimate of drug-likeness (QED) is 0.0272. The number of rotatable bonds is 79. The molecular formula is C85H169NO10. The van der Waals surface area contributed by atoms with Gasteiger partial charge in [-0.25, -0.2) is 0 Å². The molecule has 1 heterocycles. The summed E-state index contributed by atoms with van der Waals surface area (Å²) < 4.78 is 11.2. The van der Waals surface area contributed by atoms with Crippen LogP contribution in [0.1, 0.15) is 470 Å². The highest BCUT2D eigenvalue weighted by molar-refractivity contribution is 5.80. The Hall–Kier alpha value is -0.890. The first kappa shape index (κ1) is 93.1. The highest BCUT2D eigenvalue weighted by Gasteiger charge is 2.44. The summed E-state index contributed by atoms with van der Waals surface area (Å²) in [6.07, 6.45) is 82.5. The van der Waals surface area contributed by atoms with Gasteiger partial charge >= 0.3 is 0 Å². The monoisotopic (exact) mass is 1360 g/mol. The molecule has 574 valence electrons. The molecule has 11 nitrogen and oxygen atoms in total. The minimum Gasteiger partial charge on any atom is -0.394 e. The van der Waals surface area contributed by atoms with E-state index >= 15 is 0 Å². The van der Waals surface area contributed by atoms with Gasteiger partial charge < -0.3 is 50.5 Å². The third kappa shape index (κ3) is 59.6. The highest BCUT2D eigenvalue weighted by atomic mass is 16.7. The summed E-state index contributed by atoms with van der Waals surface area (Å²) in [5.74, 6) is -0.684. The zero-order chi connectivity index (χ0) is 69.5. The fourth-order valence-electron chi connectivity index (χ4n) is 14.8. The second kappa shape index (κ2) is 73.8. The first-order valence-electron chi connectivity index (χ1n) is 43.4. The molecule has 1 aliphatic rings. The zero-order valence-electron chi connectivity index (χ0n) is 64.2. The molecule has 0 aromatic carbocycles. The molecule has 0 spiro atoms. The minimum absolute atomic E-state index is 0.268. The van der Waals surface area contributed by atoms with Crippen LogP contribution in [0.2, 0.25) is 0 Å². The molecule has 0 aliphatic carbocycles. The van der Waals surface area contributed by atoms with Crippen molar-refractivity contribution in [1.29, 1.82) is 0 Å². The van der Waals surface area contributed by atoms with Crippen molar-refractivity contribution in [2.45, 2.75) is 525 Å². The molecule has 0 aromatic heterocycles. The maximum Gasteiger partial charge on any atom is 0.249 e. The lowest BCUT2D eigenvalue weighted by Gasteiger charge is -2.40. The molecule has 0 saturated carbocycles. The van der Waals surface area contributed by atoms with Crippen LogP contribution in [0.3, 0.4) is 0 Å². The predicted octanol–water partition coefficient (Wildman–Crippen LogP) is 23.1. The Balaban J connectivity index is 2.07. The zero-order valence-corrected chi connectivity index (χ0v) is 64.2. The van der Waals surface area contributed by atoms with Crippen LogP contribution >= 0.6 is 0 Å². The molecule has 9 atom stereocenters. The molecule has 0 bridgehead atoms. The van der Waals surface area contributed by atoms with Crippen molar-refractivity contribution in [3.05, 3.63) is 0 Å². The van der Waals surface area contributed by atoms with Gasteiger partial charge in [-0.1, -0.05) is 457 Å². The van der Waals surface area contributed by atoms with E-state index in [4.69, 9.17) is 9.47 Å². The van der Waals surface area contributed by atoms with Gasteiger partial charge in [0.05, 0.1) is 25.4 Å². The Bertz CT molecular complexity index is 1520. The van der Waals surface area contributed by atoms with Gasteiger partial charge in [0.1, 0.15) is 36.6 Å². The molecule has 9 unspecified atom stereocenters. The fraction of sp³-hybridized carbons (Fsp3) is 0.988. The summed E-state index contributed by atoms with van der Waals surface area (Å²) in [4.78, 5) is 13.3. The highest BCUT2D eigenvalue weighted by Crippen LogP contribution is 2.25. The van der Waals surface area contributed by atoms with Crippen LogP contribution in [0.25, 0.3) is 0 Å². The Labute approximate surface area is 596 Å². The van der Waals surface area contributed by atoms with E-state index in [2.05, 4.69) is 19.2 Å². The van der Waals surface area contributed by atoms with Gasteiger partial charge in [0.25, 0.3) is 0 Å². The van der Waals surface area contributed by atoms with E-state index < -0.39 is 74.2 Å². The van der Waals surface area contributed by atoms with Gasteiger partial charge in [-0.2, -0.15) is 0 Å². The molecular weight excluding hydrogens is 1190 g/mol. The van der Waals surface area contributed by atoms with Crippen LogP contribution in [-0.2, 0) is 14.3 Å². The van der Waals surface area contributed by atoms with E-state index in [0.717, 1.165) is 38.5 Å². The lowest BCUT2D eigenvalue weighted by atomic mass is 9.98. The Morgan fingerprint density at radius 3 is 0.771 bits per heavy atom. The first-order valence-corrected chi connectivity index (χ1v) is 43.4. The number of carbonyl (C=O) groups is 1. The number of carbonyl (C=O) groups excluding carboxylic acids is 1. The van der Waals surface area contributed by atoms with Crippen LogP contribution < -0.4 is 5.32 Å². The van der Waals surface area contributed by atoms with E-state index in [1.807, 2.05) is 0 Å². The minimum atomic E-state index is -1.66. The molecule has 8 N–H and O–H groups in total. The number of aliphatic hydroxyl groups excluding tert-OH is 7. The van der Waals surface area contributed by atoms with E-state index in [1.165, 1.54) is 392 Å². The van der Waals surface area contributed by atoms with Crippen LogP contribution in [-0.4, -0.2) is 110 Å². The maximum atomic E-state index is 13.3. The summed E-state index contributed by atoms with van der Waals surface area (Å²) in [5, 5.41) is 76.9. The van der Waals surface area contributed by atoms with E-state index in [1.54, 1.807) is 0 Å². The smallest absolute Gasteiger partial charge is 0.249 e. The standard InChI is InChI=1S/C85H169NO10/c1-3-5-7-9-11-13-15-17-19-21-23-25-27-29-31-33-35-36-37-38-39-40-41-43-45-47-49-51-53-55-57-59-61-63-65-67-69-71-73-78(89)84(94)86-76(75-95-85-83(93)82(92)81(91)79(74-87)96-85)80(90)77(88)72-70-68-66-64-62-60-58-56-54-52-50-48-46-44-42-34-32-30-28-26-24-22-20-18-16-14-12-10-8-6-4-2/h76-83,85,87-93H,3-75H2,1-2H3,(H,86,94). The number of hydrogen-bond donors (Lipinski definition) is 8. The molecule has 11 heteroatoms. The van der Waals surface area contributed by atoms with Gasteiger partial charge in [0.15, 0.2) is 6.29 Å². The summed E-state index contributed by atoms with van der Waals surface area (Å²) in [6, 6.07) is -1.17. The summed E-state index contributed by atoms with van der Waals surface area (Å²) in [6.45, 7) is 3.55. The first-order chi connectivity index (χ1) is 47.2. The molecule has 1 saturated heterocycles. The molecule has 1 fully saturated rings. The summed E-state index contributed by atoms with van der Waals surface area (Å²) >= 11 is 0. The Morgan fingerprint density at radius 2 is 0.542 bits per heavy atom. The molecule has 0 radical (unpaired) electrons. The lowest BCUT2D eigenvalue weighted by Crippen LogP contribution is -2.60. The number of aliphatic hydroxyl groups is 7. The van der Waals surface area contributed by atoms with Crippen molar-refractivity contribution in [3.8, 4) is 0 Å². The lowest BCUT2D eigenvalue weighted by molar-refractivity contribution is -0.303. The third-order valence-electron chi connectivity index (χ3n) is 21.7. The van der Waals surface area contributed by atoms with Crippen LogP contribution in [0.5, 0.6) is 0 Å². The normalized spacial score (nSPS) is 17.9. The molecule has 0 aromatic rings. The van der Waals surface area contributed by atoms with Crippen molar-refractivity contribution in [1.82, 2.24) is 5.32 Å². The van der Waals surface area contributed by atoms with Crippen LogP contribution in [0, 0.1) is 0 Å². The average Bonchev–Trinajstić information content (AvgIpc) is 0.847. The molecule has 1 rings (SSSR count). The van der Waals surface area contributed by atoms with Gasteiger partial charge in [-0.15, -0.1) is 0 Å². The van der Waals surface area contributed by atoms with E-state index in [0.29, 0.717) is 19.3 Å². The number of nitrogens with one attached hydrogen (secondary N) is 1. The van der Waals surface area contributed by atoms with Crippen LogP contribution in [0.4, 0.5) is 0 Å². The topological polar surface area (TPSA) is 189 Å². The SMILES string of the molecule is CCCCCCCCCCCCCCCCCCCCCCCCCCCCCCCCCCCCCCCCC(O)C(=O)NC(COC1OC(CO)C(O)C(O)C1O)C(O)C(O)CCCCCCCCCCCCCCCCCCCCCCCCCCCCCCCCC.